The van der Waals surface area contributed by atoms with Crippen LogP contribution in [-0.4, -0.2) is 35.4 Å². The van der Waals surface area contributed by atoms with Crippen LogP contribution in [0.4, 0.5) is 0 Å². The van der Waals surface area contributed by atoms with Crippen LogP contribution < -0.4 is 0 Å². The molecule has 0 radical (unpaired) electrons. The Morgan fingerprint density at radius 3 is 2.55 bits per heavy atom. The van der Waals surface area contributed by atoms with Gasteiger partial charge in [-0.05, 0) is 6.42 Å². The number of carbonyl (C=O) groups is 2. The molecule has 0 saturated carbocycles. The van der Waals surface area contributed by atoms with E-state index in [4.69, 9.17) is 4.42 Å². The molecular weight excluding hydrogens is 260 g/mol. The van der Waals surface area contributed by atoms with Gasteiger partial charge in [-0.2, -0.15) is 0 Å². The van der Waals surface area contributed by atoms with Crippen molar-refractivity contribution >= 4 is 11.9 Å². The topological polar surface area (TPSA) is 72.6 Å². The number of esters is 1. The normalized spacial score (nSPS) is 11.2. The molecule has 112 valence electrons. The van der Waals surface area contributed by atoms with Crippen LogP contribution in [0.3, 0.4) is 0 Å². The summed E-state index contributed by atoms with van der Waals surface area (Å²) in [7, 11) is 1.28. The summed E-state index contributed by atoms with van der Waals surface area (Å²) in [6.07, 6.45) is 2.08. The Morgan fingerprint density at radius 1 is 1.40 bits per heavy atom. The number of ether oxygens (including phenoxy) is 1. The van der Waals surface area contributed by atoms with Crippen LogP contribution in [0, 0.1) is 5.41 Å². The minimum atomic E-state index is -0.552. The van der Waals surface area contributed by atoms with E-state index in [-0.39, 0.29) is 18.1 Å². The van der Waals surface area contributed by atoms with Crippen molar-refractivity contribution in [3.8, 4) is 0 Å². The van der Waals surface area contributed by atoms with Gasteiger partial charge in [0.15, 0.2) is 5.69 Å². The molecule has 1 aromatic heterocycles. The van der Waals surface area contributed by atoms with E-state index in [2.05, 4.69) is 9.72 Å². The maximum atomic E-state index is 12.3. The van der Waals surface area contributed by atoms with Crippen LogP contribution in [0.1, 0.15) is 50.5 Å². The number of carbonyl (C=O) groups excluding carboxylic acids is 2. The van der Waals surface area contributed by atoms with Gasteiger partial charge in [0, 0.05) is 12.0 Å². The van der Waals surface area contributed by atoms with Gasteiger partial charge < -0.3 is 14.1 Å². The molecule has 0 spiro atoms. The van der Waals surface area contributed by atoms with Crippen LogP contribution in [0.2, 0.25) is 0 Å². The van der Waals surface area contributed by atoms with Gasteiger partial charge in [0.2, 0.25) is 11.8 Å². The van der Waals surface area contributed by atoms with Crippen LogP contribution in [0.15, 0.2) is 10.7 Å². The first-order valence-electron chi connectivity index (χ1n) is 6.61. The van der Waals surface area contributed by atoms with Crippen molar-refractivity contribution in [2.75, 3.05) is 13.7 Å². The average molecular weight is 282 g/mol. The van der Waals surface area contributed by atoms with Crippen LogP contribution in [0.5, 0.6) is 0 Å². The predicted molar refractivity (Wildman–Crippen MR) is 73.0 cm³/mol. The lowest BCUT2D eigenvalue weighted by Gasteiger charge is -2.28. The Kier molecular flexibility index (Phi) is 5.30. The second-order valence-electron chi connectivity index (χ2n) is 5.59. The zero-order valence-electron chi connectivity index (χ0n) is 12.7. The zero-order valence-corrected chi connectivity index (χ0v) is 12.7. The molecule has 0 aliphatic rings. The van der Waals surface area contributed by atoms with E-state index in [0.29, 0.717) is 12.4 Å². The Balaban J connectivity index is 2.83. The fourth-order valence-corrected chi connectivity index (χ4v) is 1.74. The minimum absolute atomic E-state index is 0.0252. The summed E-state index contributed by atoms with van der Waals surface area (Å²) in [4.78, 5) is 29.3. The Labute approximate surface area is 119 Å². The highest BCUT2D eigenvalue weighted by Gasteiger charge is 2.28. The molecule has 0 unspecified atom stereocenters. The highest BCUT2D eigenvalue weighted by Crippen LogP contribution is 2.19. The highest BCUT2D eigenvalue weighted by molar-refractivity contribution is 5.86. The maximum absolute atomic E-state index is 12.3. The third-order valence-corrected chi connectivity index (χ3v) is 2.69. The van der Waals surface area contributed by atoms with E-state index in [0.717, 1.165) is 6.42 Å². The summed E-state index contributed by atoms with van der Waals surface area (Å²) in [5.41, 5.74) is -0.352. The number of rotatable bonds is 5. The van der Waals surface area contributed by atoms with E-state index in [1.807, 2.05) is 27.7 Å². The van der Waals surface area contributed by atoms with Crippen molar-refractivity contribution in [3.63, 3.8) is 0 Å². The number of aromatic nitrogens is 1. The Morgan fingerprint density at radius 2 is 2.05 bits per heavy atom. The van der Waals surface area contributed by atoms with E-state index in [1.165, 1.54) is 13.4 Å². The Bertz CT molecular complexity index is 474. The highest BCUT2D eigenvalue weighted by atomic mass is 16.5. The molecule has 0 aromatic carbocycles. The SMILES string of the molecule is CCCN(Cc1nc(C(=O)OC)co1)C(=O)C(C)(C)C. The molecule has 1 heterocycles. The van der Waals surface area contributed by atoms with E-state index >= 15 is 0 Å². The quantitative estimate of drug-likeness (QED) is 0.774. The molecule has 0 atom stereocenters. The lowest BCUT2D eigenvalue weighted by molar-refractivity contribution is -0.140. The summed E-state index contributed by atoms with van der Waals surface area (Å²) in [6, 6.07) is 0. The molecule has 6 heteroatoms. The minimum Gasteiger partial charge on any atom is -0.464 e. The van der Waals surface area contributed by atoms with Gasteiger partial charge in [-0.3, -0.25) is 4.79 Å². The molecular formula is C14H22N2O4. The molecule has 0 aliphatic heterocycles. The molecule has 0 fully saturated rings. The summed E-state index contributed by atoms with van der Waals surface area (Å²) in [5.74, 6) is -0.196. The summed E-state index contributed by atoms with van der Waals surface area (Å²) in [6.45, 7) is 8.47. The first-order valence-corrected chi connectivity index (χ1v) is 6.61. The number of nitrogens with zero attached hydrogens (tertiary/aromatic N) is 2. The van der Waals surface area contributed by atoms with Crippen molar-refractivity contribution in [2.45, 2.75) is 40.7 Å². The summed E-state index contributed by atoms with van der Waals surface area (Å²) >= 11 is 0. The number of amides is 1. The molecule has 0 aliphatic carbocycles. The fourth-order valence-electron chi connectivity index (χ4n) is 1.74. The summed E-state index contributed by atoms with van der Waals surface area (Å²) in [5, 5.41) is 0. The molecule has 20 heavy (non-hydrogen) atoms. The van der Waals surface area contributed by atoms with Crippen molar-refractivity contribution < 1.29 is 18.7 Å². The Hall–Kier alpha value is -1.85. The van der Waals surface area contributed by atoms with E-state index in [9.17, 15) is 9.59 Å². The smallest absolute Gasteiger partial charge is 0.360 e. The number of methoxy groups -OCH3 is 1. The number of oxazole rings is 1. The lowest BCUT2D eigenvalue weighted by Crippen LogP contribution is -2.39. The number of hydrogen-bond donors (Lipinski definition) is 0. The van der Waals surface area contributed by atoms with Gasteiger partial charge in [0.1, 0.15) is 6.26 Å². The molecule has 0 saturated heterocycles. The third-order valence-electron chi connectivity index (χ3n) is 2.69. The molecule has 6 nitrogen and oxygen atoms in total. The monoisotopic (exact) mass is 282 g/mol. The molecule has 0 bridgehead atoms. The maximum Gasteiger partial charge on any atom is 0.360 e. The third kappa shape index (κ3) is 4.08. The molecule has 0 N–H and O–H groups in total. The molecule has 1 rings (SSSR count). The second-order valence-corrected chi connectivity index (χ2v) is 5.59. The zero-order chi connectivity index (χ0) is 15.3. The van der Waals surface area contributed by atoms with Crippen LogP contribution >= 0.6 is 0 Å². The first kappa shape index (κ1) is 16.2. The molecule has 1 amide bonds. The van der Waals surface area contributed by atoms with Gasteiger partial charge >= 0.3 is 5.97 Å². The van der Waals surface area contributed by atoms with Gasteiger partial charge in [-0.25, -0.2) is 9.78 Å². The molecule has 1 aromatic rings. The fraction of sp³-hybridized carbons (Fsp3) is 0.643. The first-order chi connectivity index (χ1) is 9.29. The average Bonchev–Trinajstić information content (AvgIpc) is 2.84. The van der Waals surface area contributed by atoms with Crippen molar-refractivity contribution in [1.82, 2.24) is 9.88 Å². The van der Waals surface area contributed by atoms with Gasteiger partial charge in [-0.1, -0.05) is 27.7 Å². The largest absolute Gasteiger partial charge is 0.464 e. The lowest BCUT2D eigenvalue weighted by atomic mass is 9.94. The van der Waals surface area contributed by atoms with E-state index in [1.54, 1.807) is 4.90 Å². The second kappa shape index (κ2) is 6.54. The van der Waals surface area contributed by atoms with Crippen LogP contribution in [0.25, 0.3) is 0 Å². The van der Waals surface area contributed by atoms with Gasteiger partial charge in [-0.15, -0.1) is 0 Å². The van der Waals surface area contributed by atoms with Crippen molar-refractivity contribution in [3.05, 3.63) is 17.8 Å². The number of hydrogen-bond acceptors (Lipinski definition) is 5. The summed E-state index contributed by atoms with van der Waals surface area (Å²) < 4.78 is 9.78. The van der Waals surface area contributed by atoms with Gasteiger partial charge in [0.05, 0.1) is 13.7 Å². The van der Waals surface area contributed by atoms with Crippen molar-refractivity contribution in [2.24, 2.45) is 5.41 Å². The predicted octanol–water partition coefficient (Wildman–Crippen LogP) is 2.25. The van der Waals surface area contributed by atoms with E-state index < -0.39 is 11.4 Å². The van der Waals surface area contributed by atoms with Gasteiger partial charge in [0.25, 0.3) is 0 Å². The van der Waals surface area contributed by atoms with Crippen molar-refractivity contribution in [1.29, 1.82) is 0 Å². The van der Waals surface area contributed by atoms with Crippen LogP contribution in [-0.2, 0) is 16.1 Å². The standard InChI is InChI=1S/C14H22N2O4/c1-6-7-16(13(18)14(2,3)4)8-11-15-10(9-20-11)12(17)19-5/h9H,6-8H2,1-5H3.